The summed E-state index contributed by atoms with van der Waals surface area (Å²) >= 11 is 0. The van der Waals surface area contributed by atoms with Crippen LogP contribution in [0.5, 0.6) is 0 Å². The minimum absolute atomic E-state index is 0.210. The van der Waals surface area contributed by atoms with Crippen molar-refractivity contribution in [3.63, 3.8) is 0 Å². The van der Waals surface area contributed by atoms with Crippen molar-refractivity contribution in [2.75, 3.05) is 0 Å². The molecule has 1 N–H and O–H groups in total. The van der Waals surface area contributed by atoms with Crippen molar-refractivity contribution in [1.82, 2.24) is 4.98 Å². The van der Waals surface area contributed by atoms with Crippen LogP contribution in [-0.2, 0) is 0 Å². The highest BCUT2D eigenvalue weighted by Gasteiger charge is 2.08. The van der Waals surface area contributed by atoms with Gasteiger partial charge in [0.15, 0.2) is 6.29 Å². The maximum Gasteiger partial charge on any atom is 0.337 e. The van der Waals surface area contributed by atoms with Gasteiger partial charge in [-0.05, 0) is 6.07 Å². The molecule has 1 aromatic rings. The van der Waals surface area contributed by atoms with E-state index < -0.39 is 11.9 Å². The summed E-state index contributed by atoms with van der Waals surface area (Å²) in [5.41, 5.74) is -0.562. The molecule has 1 aromatic heterocycles. The van der Waals surface area contributed by atoms with E-state index in [1.807, 2.05) is 0 Å². The van der Waals surface area contributed by atoms with Crippen LogP contribution in [0.25, 0.3) is 0 Å². The lowest BCUT2D eigenvalue weighted by Gasteiger charge is -1.95. The van der Waals surface area contributed by atoms with Crippen LogP contribution < -0.4 is 0 Å². The number of carbonyl (C=O) groups excluding carboxylic acids is 1. The van der Waals surface area contributed by atoms with Crippen molar-refractivity contribution in [3.8, 4) is 0 Å². The molecule has 0 spiro atoms. The van der Waals surface area contributed by atoms with Gasteiger partial charge < -0.3 is 5.11 Å². The summed E-state index contributed by atoms with van der Waals surface area (Å²) < 4.78 is 12.5. The largest absolute Gasteiger partial charge is 0.478 e. The molecule has 0 amide bonds. The second-order valence-corrected chi connectivity index (χ2v) is 2.03. The second-order valence-electron chi connectivity index (χ2n) is 2.03. The molecule has 0 saturated carbocycles. The summed E-state index contributed by atoms with van der Waals surface area (Å²) in [6.45, 7) is 0. The lowest BCUT2D eigenvalue weighted by Crippen LogP contribution is -2.01. The Kier molecular flexibility index (Phi) is 2.14. The highest BCUT2D eigenvalue weighted by molar-refractivity contribution is 5.89. The zero-order chi connectivity index (χ0) is 9.14. The lowest BCUT2D eigenvalue weighted by molar-refractivity contribution is 0.0696. The third-order valence-electron chi connectivity index (χ3n) is 1.24. The molecule has 1 heterocycles. The van der Waals surface area contributed by atoms with Gasteiger partial charge in [0.2, 0.25) is 5.95 Å². The van der Waals surface area contributed by atoms with E-state index in [9.17, 15) is 14.0 Å². The van der Waals surface area contributed by atoms with Crippen molar-refractivity contribution in [3.05, 3.63) is 29.3 Å². The molecule has 0 aliphatic carbocycles. The Hall–Kier alpha value is -1.78. The number of carbonyl (C=O) groups is 2. The van der Waals surface area contributed by atoms with Crippen LogP contribution >= 0.6 is 0 Å². The third kappa shape index (κ3) is 1.45. The first-order valence-electron chi connectivity index (χ1n) is 2.99. The highest BCUT2D eigenvalue weighted by atomic mass is 19.1. The zero-order valence-corrected chi connectivity index (χ0v) is 5.82. The van der Waals surface area contributed by atoms with E-state index in [2.05, 4.69) is 4.98 Å². The van der Waals surface area contributed by atoms with E-state index in [4.69, 9.17) is 5.11 Å². The van der Waals surface area contributed by atoms with Crippen molar-refractivity contribution in [1.29, 1.82) is 0 Å². The van der Waals surface area contributed by atoms with Gasteiger partial charge in [0.25, 0.3) is 0 Å². The lowest BCUT2D eigenvalue weighted by atomic mass is 10.2. The minimum atomic E-state index is -1.24. The first-order valence-corrected chi connectivity index (χ1v) is 2.99. The molecule has 0 radical (unpaired) electrons. The number of halogens is 1. The van der Waals surface area contributed by atoms with Crippen LogP contribution in [0.3, 0.4) is 0 Å². The number of pyridine rings is 1. The number of carboxylic acids is 1. The molecule has 0 atom stereocenters. The number of hydrogen-bond acceptors (Lipinski definition) is 3. The first kappa shape index (κ1) is 8.32. The molecule has 0 fully saturated rings. The van der Waals surface area contributed by atoms with E-state index in [0.29, 0.717) is 0 Å². The zero-order valence-electron chi connectivity index (χ0n) is 5.82. The fraction of sp³-hybridized carbons (Fsp3) is 0. The Labute approximate surface area is 66.7 Å². The fourth-order valence-electron chi connectivity index (χ4n) is 0.665. The number of aromatic nitrogens is 1. The molecule has 0 aromatic carbocycles. The SMILES string of the molecule is O=Cc1cc(C(=O)O)cnc1F. The molecule has 62 valence electrons. The normalized spacial score (nSPS) is 9.42. The molecule has 0 aliphatic heterocycles. The van der Waals surface area contributed by atoms with E-state index in [-0.39, 0.29) is 17.4 Å². The van der Waals surface area contributed by atoms with E-state index in [0.717, 1.165) is 12.3 Å². The molecule has 1 rings (SSSR count). The molecule has 0 aliphatic rings. The molecular formula is C7H4FNO3. The summed E-state index contributed by atoms with van der Waals surface area (Å²) in [7, 11) is 0. The quantitative estimate of drug-likeness (QED) is 0.523. The standard InChI is InChI=1S/C7H4FNO3/c8-6-5(3-10)1-4(2-9-6)7(11)12/h1-3H,(H,11,12). The molecule has 0 bridgehead atoms. The van der Waals surface area contributed by atoms with Crippen LogP contribution in [0.15, 0.2) is 12.3 Å². The van der Waals surface area contributed by atoms with Gasteiger partial charge in [-0.3, -0.25) is 4.79 Å². The molecule has 0 saturated heterocycles. The fourth-order valence-corrected chi connectivity index (χ4v) is 0.665. The van der Waals surface area contributed by atoms with Gasteiger partial charge >= 0.3 is 5.97 Å². The topological polar surface area (TPSA) is 67.3 Å². The van der Waals surface area contributed by atoms with E-state index in [1.54, 1.807) is 0 Å². The summed E-state index contributed by atoms with van der Waals surface area (Å²) in [5, 5.41) is 8.42. The summed E-state index contributed by atoms with van der Waals surface area (Å²) in [4.78, 5) is 23.5. The van der Waals surface area contributed by atoms with Gasteiger partial charge in [-0.2, -0.15) is 4.39 Å². The predicted molar refractivity (Wildman–Crippen MR) is 36.5 cm³/mol. The van der Waals surface area contributed by atoms with Crippen LogP contribution in [0, 0.1) is 5.95 Å². The number of hydrogen-bond donors (Lipinski definition) is 1. The van der Waals surface area contributed by atoms with E-state index in [1.165, 1.54) is 0 Å². The van der Waals surface area contributed by atoms with E-state index >= 15 is 0 Å². The Morgan fingerprint density at radius 1 is 1.67 bits per heavy atom. The Balaban J connectivity index is 3.22. The maximum absolute atomic E-state index is 12.5. The first-order chi connectivity index (χ1) is 5.65. The summed E-state index contributed by atoms with van der Waals surface area (Å²) in [6, 6.07) is 0.928. The summed E-state index contributed by atoms with van der Waals surface area (Å²) in [5.74, 6) is -2.21. The smallest absolute Gasteiger partial charge is 0.337 e. The van der Waals surface area contributed by atoms with Gasteiger partial charge in [-0.15, -0.1) is 0 Å². The number of rotatable bonds is 2. The number of nitrogens with zero attached hydrogens (tertiary/aromatic N) is 1. The molecule has 4 nitrogen and oxygen atoms in total. The van der Waals surface area contributed by atoms with Gasteiger partial charge in [0.05, 0.1) is 11.1 Å². The predicted octanol–water partition coefficient (Wildman–Crippen LogP) is 0.731. The average Bonchev–Trinajstić information content (AvgIpc) is 2.05. The molecule has 0 unspecified atom stereocenters. The minimum Gasteiger partial charge on any atom is -0.478 e. The van der Waals surface area contributed by atoms with Gasteiger partial charge in [0, 0.05) is 6.20 Å². The summed E-state index contributed by atoms with van der Waals surface area (Å²) in [6.07, 6.45) is 1.07. The maximum atomic E-state index is 12.5. The Morgan fingerprint density at radius 2 is 2.33 bits per heavy atom. The van der Waals surface area contributed by atoms with Gasteiger partial charge in [-0.1, -0.05) is 0 Å². The molecule has 12 heavy (non-hydrogen) atoms. The van der Waals surface area contributed by atoms with Crippen molar-refractivity contribution in [2.24, 2.45) is 0 Å². The Bertz CT molecular complexity index is 337. The van der Waals surface area contributed by atoms with Crippen LogP contribution in [-0.4, -0.2) is 22.3 Å². The van der Waals surface area contributed by atoms with Crippen LogP contribution in [0.2, 0.25) is 0 Å². The molecule has 5 heteroatoms. The van der Waals surface area contributed by atoms with Crippen molar-refractivity contribution >= 4 is 12.3 Å². The number of aldehydes is 1. The highest BCUT2D eigenvalue weighted by Crippen LogP contribution is 2.04. The third-order valence-corrected chi connectivity index (χ3v) is 1.24. The van der Waals surface area contributed by atoms with Crippen molar-refractivity contribution < 1.29 is 19.1 Å². The van der Waals surface area contributed by atoms with Gasteiger partial charge in [-0.25, -0.2) is 9.78 Å². The van der Waals surface area contributed by atoms with Crippen LogP contribution in [0.4, 0.5) is 4.39 Å². The monoisotopic (exact) mass is 169 g/mol. The number of carboxylic acid groups (broad SMARTS) is 1. The van der Waals surface area contributed by atoms with Gasteiger partial charge in [0.1, 0.15) is 0 Å². The average molecular weight is 169 g/mol. The van der Waals surface area contributed by atoms with Crippen molar-refractivity contribution in [2.45, 2.75) is 0 Å². The Morgan fingerprint density at radius 3 is 2.83 bits per heavy atom. The second kappa shape index (κ2) is 3.08. The number of aromatic carboxylic acids is 1. The van der Waals surface area contributed by atoms with Crippen LogP contribution in [0.1, 0.15) is 20.7 Å². The molecular weight excluding hydrogens is 165 g/mol.